The first kappa shape index (κ1) is 13.8. The molecule has 21 heavy (non-hydrogen) atoms. The van der Waals surface area contributed by atoms with Gasteiger partial charge in [0.25, 0.3) is 0 Å². The van der Waals surface area contributed by atoms with Gasteiger partial charge in [-0.3, -0.25) is 4.79 Å². The average molecular weight is 301 g/mol. The molecule has 1 amide bonds. The van der Waals surface area contributed by atoms with Crippen LogP contribution in [-0.4, -0.2) is 30.9 Å². The lowest BCUT2D eigenvalue weighted by Gasteiger charge is -2.14. The molecule has 1 fully saturated rings. The summed E-state index contributed by atoms with van der Waals surface area (Å²) in [6.07, 6.45) is 0. The molecule has 1 saturated heterocycles. The maximum absolute atomic E-state index is 11.7. The third-order valence-corrected chi connectivity index (χ3v) is 5.10. The van der Waals surface area contributed by atoms with Crippen LogP contribution in [0.1, 0.15) is 5.56 Å². The highest BCUT2D eigenvalue weighted by Crippen LogP contribution is 2.21. The zero-order valence-corrected chi connectivity index (χ0v) is 12.2. The molecule has 1 aliphatic heterocycles. The van der Waals surface area contributed by atoms with Crippen molar-refractivity contribution in [2.24, 2.45) is 0 Å². The second-order valence-corrected chi connectivity index (χ2v) is 7.06. The Kier molecular flexibility index (Phi) is 3.51. The highest BCUT2D eigenvalue weighted by Gasteiger charge is 2.35. The number of nitrogens with zero attached hydrogens (tertiary/aromatic N) is 1. The summed E-state index contributed by atoms with van der Waals surface area (Å²) in [6, 6.07) is 17.8. The summed E-state index contributed by atoms with van der Waals surface area (Å²) in [4.78, 5) is 13.0. The molecule has 4 nitrogen and oxygen atoms in total. The SMILES string of the molecule is O=C1N(Cc2ccc(-c3ccccc3)cc2)CCS1(=O)=O. The Morgan fingerprint density at radius 1 is 0.905 bits per heavy atom. The fourth-order valence-electron chi connectivity index (χ4n) is 2.40. The molecule has 0 radical (unpaired) electrons. The van der Waals surface area contributed by atoms with E-state index in [4.69, 9.17) is 0 Å². The van der Waals surface area contributed by atoms with E-state index in [1.165, 1.54) is 4.90 Å². The molecule has 2 aromatic rings. The predicted octanol–water partition coefficient (Wildman–Crippen LogP) is 2.70. The van der Waals surface area contributed by atoms with Crippen LogP contribution >= 0.6 is 0 Å². The second kappa shape index (κ2) is 5.33. The molecule has 1 aliphatic rings. The lowest BCUT2D eigenvalue weighted by atomic mass is 10.0. The number of rotatable bonds is 3. The molecule has 1 heterocycles. The van der Waals surface area contributed by atoms with E-state index >= 15 is 0 Å². The average Bonchev–Trinajstić information content (AvgIpc) is 2.76. The number of benzene rings is 2. The number of carbonyl (C=O) groups excluding carboxylic acids is 1. The molecule has 0 aromatic heterocycles. The van der Waals surface area contributed by atoms with Crippen LogP contribution in [0, 0.1) is 0 Å². The van der Waals surface area contributed by atoms with Gasteiger partial charge in [-0.25, -0.2) is 8.42 Å². The standard InChI is InChI=1S/C16H15NO3S/c18-16-17(10-11-21(16,19)20)12-13-6-8-15(9-7-13)14-4-2-1-3-5-14/h1-9H,10-12H2. The van der Waals surface area contributed by atoms with E-state index in [0.717, 1.165) is 16.7 Å². The molecular weight excluding hydrogens is 286 g/mol. The maximum Gasteiger partial charge on any atom is 0.339 e. The van der Waals surface area contributed by atoms with E-state index in [2.05, 4.69) is 0 Å². The summed E-state index contributed by atoms with van der Waals surface area (Å²) in [6.45, 7) is 0.620. The summed E-state index contributed by atoms with van der Waals surface area (Å²) in [5.74, 6) is -0.0755. The van der Waals surface area contributed by atoms with E-state index in [0.29, 0.717) is 6.54 Å². The third-order valence-electron chi connectivity index (χ3n) is 3.59. The maximum atomic E-state index is 11.7. The number of amides is 1. The molecule has 0 atom stereocenters. The summed E-state index contributed by atoms with van der Waals surface area (Å²) >= 11 is 0. The van der Waals surface area contributed by atoms with Crippen LogP contribution in [0.25, 0.3) is 11.1 Å². The Bertz CT molecular complexity index is 752. The van der Waals surface area contributed by atoms with E-state index < -0.39 is 15.1 Å². The molecule has 0 spiro atoms. The first-order valence-electron chi connectivity index (χ1n) is 6.72. The third kappa shape index (κ3) is 2.83. The Morgan fingerprint density at radius 2 is 1.52 bits per heavy atom. The second-order valence-electron chi connectivity index (χ2n) is 5.07. The molecule has 5 heteroatoms. The van der Waals surface area contributed by atoms with E-state index in [9.17, 15) is 13.2 Å². The van der Waals surface area contributed by atoms with Gasteiger partial charge in [-0.2, -0.15) is 0 Å². The zero-order chi connectivity index (χ0) is 14.9. The van der Waals surface area contributed by atoms with Gasteiger partial charge in [-0.15, -0.1) is 0 Å². The Balaban J connectivity index is 1.75. The van der Waals surface area contributed by atoms with Crippen molar-refractivity contribution in [2.75, 3.05) is 12.3 Å². The summed E-state index contributed by atoms with van der Waals surface area (Å²) in [7, 11) is -3.56. The fourth-order valence-corrected chi connectivity index (χ4v) is 3.59. The Labute approximate surface area is 123 Å². The number of hydrogen-bond donors (Lipinski definition) is 0. The van der Waals surface area contributed by atoms with Crippen molar-refractivity contribution in [3.63, 3.8) is 0 Å². The highest BCUT2D eigenvalue weighted by atomic mass is 32.2. The predicted molar refractivity (Wildman–Crippen MR) is 81.5 cm³/mol. The molecule has 108 valence electrons. The molecule has 0 bridgehead atoms. The van der Waals surface area contributed by atoms with Crippen molar-refractivity contribution in [1.82, 2.24) is 4.90 Å². The summed E-state index contributed by atoms with van der Waals surface area (Å²) < 4.78 is 22.8. The minimum Gasteiger partial charge on any atom is -0.324 e. The quantitative estimate of drug-likeness (QED) is 0.876. The van der Waals surface area contributed by atoms with Crippen molar-refractivity contribution >= 4 is 15.1 Å². The van der Waals surface area contributed by atoms with Crippen molar-refractivity contribution in [3.8, 4) is 11.1 Å². The van der Waals surface area contributed by atoms with Gasteiger partial charge in [-0.05, 0) is 16.7 Å². The van der Waals surface area contributed by atoms with E-state index in [1.807, 2.05) is 54.6 Å². The van der Waals surface area contributed by atoms with Crippen LogP contribution in [0.5, 0.6) is 0 Å². The lowest BCUT2D eigenvalue weighted by molar-refractivity contribution is 0.226. The van der Waals surface area contributed by atoms with Crippen LogP contribution in [0.15, 0.2) is 54.6 Å². The van der Waals surface area contributed by atoms with Gasteiger partial charge >= 0.3 is 5.24 Å². The van der Waals surface area contributed by atoms with Crippen LogP contribution < -0.4 is 0 Å². The first-order valence-corrected chi connectivity index (χ1v) is 8.37. The number of hydrogen-bond acceptors (Lipinski definition) is 3. The smallest absolute Gasteiger partial charge is 0.324 e. The lowest BCUT2D eigenvalue weighted by Crippen LogP contribution is -2.25. The molecule has 0 N–H and O–H groups in total. The fraction of sp³-hybridized carbons (Fsp3) is 0.188. The molecular formula is C16H15NO3S. The Morgan fingerprint density at radius 3 is 2.10 bits per heavy atom. The van der Waals surface area contributed by atoms with Gasteiger partial charge in [0.15, 0.2) is 0 Å². The van der Waals surface area contributed by atoms with Crippen molar-refractivity contribution in [2.45, 2.75) is 6.54 Å². The summed E-state index contributed by atoms with van der Waals surface area (Å²) in [5, 5.41) is -0.755. The van der Waals surface area contributed by atoms with Crippen molar-refractivity contribution < 1.29 is 13.2 Å². The molecule has 3 rings (SSSR count). The van der Waals surface area contributed by atoms with Gasteiger partial charge in [0.1, 0.15) is 0 Å². The molecule has 0 aliphatic carbocycles. The largest absolute Gasteiger partial charge is 0.339 e. The normalized spacial score (nSPS) is 17.1. The molecule has 2 aromatic carbocycles. The first-order chi connectivity index (χ1) is 10.1. The number of carbonyl (C=O) groups is 1. The molecule has 0 saturated carbocycles. The number of sulfone groups is 1. The van der Waals surface area contributed by atoms with Crippen LogP contribution in [0.2, 0.25) is 0 Å². The Hall–Kier alpha value is -2.14. The monoisotopic (exact) mass is 301 g/mol. The van der Waals surface area contributed by atoms with Crippen molar-refractivity contribution in [1.29, 1.82) is 0 Å². The highest BCUT2D eigenvalue weighted by molar-refractivity contribution is 8.06. The topological polar surface area (TPSA) is 54.5 Å². The van der Waals surface area contributed by atoms with Crippen LogP contribution in [0.4, 0.5) is 4.79 Å². The van der Waals surface area contributed by atoms with Crippen LogP contribution in [0.3, 0.4) is 0 Å². The van der Waals surface area contributed by atoms with E-state index in [-0.39, 0.29) is 12.3 Å². The van der Waals surface area contributed by atoms with E-state index in [1.54, 1.807) is 0 Å². The van der Waals surface area contributed by atoms with Crippen molar-refractivity contribution in [3.05, 3.63) is 60.2 Å². The van der Waals surface area contributed by atoms with Crippen LogP contribution in [-0.2, 0) is 16.4 Å². The van der Waals surface area contributed by atoms with Gasteiger partial charge in [0.2, 0.25) is 9.84 Å². The zero-order valence-electron chi connectivity index (χ0n) is 11.4. The van der Waals surface area contributed by atoms with Gasteiger partial charge in [0.05, 0.1) is 5.75 Å². The van der Waals surface area contributed by atoms with Gasteiger partial charge in [0, 0.05) is 13.1 Å². The van der Waals surface area contributed by atoms with Gasteiger partial charge in [-0.1, -0.05) is 54.6 Å². The minimum atomic E-state index is -3.56. The van der Waals surface area contributed by atoms with Gasteiger partial charge < -0.3 is 4.90 Å². The summed E-state index contributed by atoms with van der Waals surface area (Å²) in [5.41, 5.74) is 3.16. The molecule has 0 unspecified atom stereocenters. The minimum absolute atomic E-state index is 0.0755.